The maximum atomic E-state index is 11.8. The predicted molar refractivity (Wildman–Crippen MR) is 84.1 cm³/mol. The van der Waals surface area contributed by atoms with Gasteiger partial charge < -0.3 is 11.1 Å². The molecule has 0 aliphatic rings. The molecule has 0 saturated heterocycles. The van der Waals surface area contributed by atoms with Crippen LogP contribution in [0.1, 0.15) is 47.3 Å². The van der Waals surface area contributed by atoms with Gasteiger partial charge in [-0.25, -0.2) is 0 Å². The van der Waals surface area contributed by atoms with Crippen LogP contribution in [0.5, 0.6) is 0 Å². The van der Waals surface area contributed by atoms with Gasteiger partial charge in [-0.1, -0.05) is 38.1 Å². The number of carbonyl (C=O) groups is 1. The van der Waals surface area contributed by atoms with Gasteiger partial charge in [0, 0.05) is 23.5 Å². The molecule has 0 saturated carbocycles. The molecule has 3 nitrogen and oxygen atoms in total. The van der Waals surface area contributed by atoms with E-state index in [1.165, 1.54) is 16.9 Å². The van der Waals surface area contributed by atoms with Crippen molar-refractivity contribution in [3.63, 3.8) is 0 Å². The Morgan fingerprint density at radius 1 is 1.20 bits per heavy atom. The van der Waals surface area contributed by atoms with E-state index in [1.807, 2.05) is 29.0 Å². The van der Waals surface area contributed by atoms with Crippen LogP contribution in [0.2, 0.25) is 0 Å². The van der Waals surface area contributed by atoms with Crippen molar-refractivity contribution in [2.75, 3.05) is 6.54 Å². The van der Waals surface area contributed by atoms with Crippen LogP contribution >= 0.6 is 11.3 Å². The van der Waals surface area contributed by atoms with Gasteiger partial charge in [-0.3, -0.25) is 4.79 Å². The molecular formula is C16H20N2OS. The lowest BCUT2D eigenvalue weighted by Crippen LogP contribution is -2.31. The summed E-state index contributed by atoms with van der Waals surface area (Å²) in [4.78, 5) is 11.8. The third kappa shape index (κ3) is 3.68. The molecule has 20 heavy (non-hydrogen) atoms. The molecule has 3 N–H and O–H groups in total. The second-order valence-corrected chi connectivity index (χ2v) is 5.93. The molecule has 0 spiro atoms. The predicted octanol–water partition coefficient (Wildman–Crippen LogP) is 3.30. The first-order valence-electron chi connectivity index (χ1n) is 6.73. The number of nitrogens with one attached hydrogen (secondary N) is 1. The van der Waals surface area contributed by atoms with E-state index >= 15 is 0 Å². The van der Waals surface area contributed by atoms with Gasteiger partial charge >= 0.3 is 0 Å². The minimum atomic E-state index is -0.182. The van der Waals surface area contributed by atoms with Crippen molar-refractivity contribution in [2.24, 2.45) is 5.73 Å². The third-order valence-electron chi connectivity index (χ3n) is 3.30. The van der Waals surface area contributed by atoms with E-state index in [0.29, 0.717) is 18.0 Å². The molecule has 2 rings (SSSR count). The molecule has 1 aromatic heterocycles. The van der Waals surface area contributed by atoms with Gasteiger partial charge in [0.1, 0.15) is 0 Å². The number of benzene rings is 1. The molecule has 0 aliphatic carbocycles. The average molecular weight is 288 g/mol. The van der Waals surface area contributed by atoms with Gasteiger partial charge in [0.15, 0.2) is 0 Å². The minimum Gasteiger partial charge on any atom is -0.350 e. The molecular weight excluding hydrogens is 268 g/mol. The van der Waals surface area contributed by atoms with Crippen molar-refractivity contribution in [2.45, 2.75) is 25.8 Å². The smallest absolute Gasteiger partial charge is 0.252 e. The number of rotatable bonds is 5. The van der Waals surface area contributed by atoms with Gasteiger partial charge in [0.05, 0.1) is 0 Å². The maximum Gasteiger partial charge on any atom is 0.252 e. The molecule has 0 fully saturated rings. The van der Waals surface area contributed by atoms with E-state index in [9.17, 15) is 4.79 Å². The first-order valence-corrected chi connectivity index (χ1v) is 7.68. The Hall–Kier alpha value is -1.65. The van der Waals surface area contributed by atoms with Crippen LogP contribution in [0.25, 0.3) is 0 Å². The molecule has 0 aliphatic heterocycles. The Labute approximate surface area is 123 Å². The van der Waals surface area contributed by atoms with Crippen LogP contribution in [-0.2, 0) is 0 Å². The maximum absolute atomic E-state index is 11.8. The summed E-state index contributed by atoms with van der Waals surface area (Å²) < 4.78 is 0. The second-order valence-electron chi connectivity index (χ2n) is 5.15. The van der Waals surface area contributed by atoms with Crippen LogP contribution in [-0.4, -0.2) is 12.5 Å². The SMILES string of the molecule is CC(C)c1ccc(C(N)CNC(=O)c2ccsc2)cc1. The van der Waals surface area contributed by atoms with Gasteiger partial charge in [-0.15, -0.1) is 0 Å². The Balaban J connectivity index is 1.91. The molecule has 2 aromatic rings. The first-order chi connectivity index (χ1) is 9.58. The number of nitrogens with two attached hydrogens (primary N) is 1. The van der Waals surface area contributed by atoms with E-state index in [4.69, 9.17) is 5.73 Å². The molecule has 0 bridgehead atoms. The van der Waals surface area contributed by atoms with E-state index < -0.39 is 0 Å². The number of hydrogen-bond donors (Lipinski definition) is 2. The van der Waals surface area contributed by atoms with E-state index in [-0.39, 0.29) is 11.9 Å². The largest absolute Gasteiger partial charge is 0.350 e. The fourth-order valence-electron chi connectivity index (χ4n) is 1.94. The Bertz CT molecular complexity index is 546. The van der Waals surface area contributed by atoms with Crippen molar-refractivity contribution in [1.29, 1.82) is 0 Å². The quantitative estimate of drug-likeness (QED) is 0.887. The van der Waals surface area contributed by atoms with E-state index in [2.05, 4.69) is 31.3 Å². The molecule has 4 heteroatoms. The summed E-state index contributed by atoms with van der Waals surface area (Å²) >= 11 is 1.51. The van der Waals surface area contributed by atoms with Gasteiger partial charge in [-0.2, -0.15) is 11.3 Å². The fraction of sp³-hybridized carbons (Fsp3) is 0.312. The van der Waals surface area contributed by atoms with Crippen molar-refractivity contribution in [3.05, 3.63) is 57.8 Å². The summed E-state index contributed by atoms with van der Waals surface area (Å²) in [7, 11) is 0. The third-order valence-corrected chi connectivity index (χ3v) is 3.98. The molecule has 0 radical (unpaired) electrons. The molecule has 1 amide bonds. The summed E-state index contributed by atoms with van der Waals surface area (Å²) in [6, 6.07) is 9.90. The first kappa shape index (κ1) is 14.8. The summed E-state index contributed by atoms with van der Waals surface area (Å²) in [6.07, 6.45) is 0. The zero-order valence-corrected chi connectivity index (χ0v) is 12.6. The summed E-state index contributed by atoms with van der Waals surface area (Å²) in [6.45, 7) is 4.77. The highest BCUT2D eigenvalue weighted by atomic mass is 32.1. The normalized spacial score (nSPS) is 12.4. The van der Waals surface area contributed by atoms with Crippen molar-refractivity contribution in [1.82, 2.24) is 5.32 Å². The number of thiophene rings is 1. The van der Waals surface area contributed by atoms with Gasteiger partial charge in [0.2, 0.25) is 0 Å². The highest BCUT2D eigenvalue weighted by molar-refractivity contribution is 7.08. The lowest BCUT2D eigenvalue weighted by molar-refractivity contribution is 0.0951. The topological polar surface area (TPSA) is 55.1 Å². The van der Waals surface area contributed by atoms with Gasteiger partial charge in [0.25, 0.3) is 5.91 Å². The molecule has 1 atom stereocenters. The lowest BCUT2D eigenvalue weighted by atomic mass is 9.99. The Morgan fingerprint density at radius 2 is 1.85 bits per heavy atom. The molecule has 1 heterocycles. The van der Waals surface area contributed by atoms with Crippen LogP contribution in [0.3, 0.4) is 0 Å². The Kier molecular flexibility index (Phi) is 4.93. The monoisotopic (exact) mass is 288 g/mol. The Morgan fingerprint density at radius 3 is 2.40 bits per heavy atom. The summed E-state index contributed by atoms with van der Waals surface area (Å²) in [5.41, 5.74) is 9.14. The minimum absolute atomic E-state index is 0.0690. The molecule has 106 valence electrons. The summed E-state index contributed by atoms with van der Waals surface area (Å²) in [5.74, 6) is 0.444. The van der Waals surface area contributed by atoms with Crippen LogP contribution < -0.4 is 11.1 Å². The van der Waals surface area contributed by atoms with Crippen molar-refractivity contribution >= 4 is 17.2 Å². The highest BCUT2D eigenvalue weighted by Gasteiger charge is 2.10. The van der Waals surface area contributed by atoms with Crippen LogP contribution in [0.15, 0.2) is 41.1 Å². The standard InChI is InChI=1S/C16H20N2OS/c1-11(2)12-3-5-13(6-4-12)15(17)9-18-16(19)14-7-8-20-10-14/h3-8,10-11,15H,9,17H2,1-2H3,(H,18,19). The van der Waals surface area contributed by atoms with Crippen LogP contribution in [0, 0.1) is 0 Å². The van der Waals surface area contributed by atoms with Crippen LogP contribution in [0.4, 0.5) is 0 Å². The average Bonchev–Trinajstić information content (AvgIpc) is 2.98. The van der Waals surface area contributed by atoms with Gasteiger partial charge in [-0.05, 0) is 28.5 Å². The van der Waals surface area contributed by atoms with E-state index in [1.54, 1.807) is 0 Å². The number of amides is 1. The molecule has 1 unspecified atom stereocenters. The second kappa shape index (κ2) is 6.68. The fourth-order valence-corrected chi connectivity index (χ4v) is 2.58. The zero-order chi connectivity index (χ0) is 14.5. The lowest BCUT2D eigenvalue weighted by Gasteiger charge is -2.14. The van der Waals surface area contributed by atoms with Crippen molar-refractivity contribution < 1.29 is 4.79 Å². The number of carbonyl (C=O) groups excluding carboxylic acids is 1. The highest BCUT2D eigenvalue weighted by Crippen LogP contribution is 2.17. The van der Waals surface area contributed by atoms with Crippen molar-refractivity contribution in [3.8, 4) is 0 Å². The number of hydrogen-bond acceptors (Lipinski definition) is 3. The van der Waals surface area contributed by atoms with E-state index in [0.717, 1.165) is 5.56 Å². The zero-order valence-electron chi connectivity index (χ0n) is 11.8. The molecule has 1 aromatic carbocycles. The summed E-state index contributed by atoms with van der Waals surface area (Å²) in [5, 5.41) is 6.58.